The number of benzene rings is 2. The molecule has 1 heterocycles. The quantitative estimate of drug-likeness (QED) is 0.834. The highest BCUT2D eigenvalue weighted by atomic mass is 35.5. The third-order valence-electron chi connectivity index (χ3n) is 4.95. The smallest absolute Gasteiger partial charge is 0.252 e. The van der Waals surface area contributed by atoms with Crippen molar-refractivity contribution in [3.8, 4) is 0 Å². The molecule has 0 aliphatic carbocycles. The van der Waals surface area contributed by atoms with Crippen molar-refractivity contribution in [2.24, 2.45) is 0 Å². The van der Waals surface area contributed by atoms with Gasteiger partial charge in [0, 0.05) is 26.3 Å². The number of hydrogen-bond donors (Lipinski definition) is 1. The minimum absolute atomic E-state index is 0.121. The molecule has 0 radical (unpaired) electrons. The van der Waals surface area contributed by atoms with Crippen LogP contribution in [0.1, 0.15) is 34.8 Å². The number of amides is 1. The number of halogens is 1. The second-order valence-electron chi connectivity index (χ2n) is 6.93. The molecule has 2 aromatic rings. The van der Waals surface area contributed by atoms with Crippen LogP contribution >= 0.6 is 11.6 Å². The van der Waals surface area contributed by atoms with Crippen LogP contribution in [0.4, 0.5) is 5.69 Å². The summed E-state index contributed by atoms with van der Waals surface area (Å²) in [5, 5.41) is 3.56. The average Bonchev–Trinajstić information content (AvgIpc) is 3.17. The molecule has 0 unspecified atom stereocenters. The van der Waals surface area contributed by atoms with Crippen LogP contribution in [0.2, 0.25) is 5.02 Å². The number of likely N-dealkylation sites (tertiary alicyclic amines) is 1. The van der Waals surface area contributed by atoms with Crippen LogP contribution in [0.5, 0.6) is 0 Å². The Hall–Kier alpha value is -2.04. The van der Waals surface area contributed by atoms with E-state index in [0.717, 1.165) is 13.1 Å². The van der Waals surface area contributed by atoms with Gasteiger partial charge in [0.05, 0.1) is 16.6 Å². The Kier molecular flexibility index (Phi) is 6.17. The molecule has 4 nitrogen and oxygen atoms in total. The number of carbonyl (C=O) groups excluding carboxylic acids is 1. The molecule has 0 spiro atoms. The molecule has 5 heteroatoms. The summed E-state index contributed by atoms with van der Waals surface area (Å²) in [6.07, 6.45) is 2.43. The lowest BCUT2D eigenvalue weighted by Gasteiger charge is -2.28. The first-order valence-electron chi connectivity index (χ1n) is 9.10. The molecule has 1 fully saturated rings. The van der Waals surface area contributed by atoms with Gasteiger partial charge in [-0.3, -0.25) is 9.69 Å². The minimum Gasteiger partial charge on any atom is -0.378 e. The summed E-state index contributed by atoms with van der Waals surface area (Å²) in [6.45, 7) is 2.72. The predicted octanol–water partition coefficient (Wildman–Crippen LogP) is 3.97. The van der Waals surface area contributed by atoms with Gasteiger partial charge in [0.2, 0.25) is 0 Å². The van der Waals surface area contributed by atoms with Crippen LogP contribution < -0.4 is 10.2 Å². The molecule has 1 N–H and O–H groups in total. The third kappa shape index (κ3) is 4.37. The minimum atomic E-state index is -0.121. The molecule has 0 bridgehead atoms. The fourth-order valence-corrected chi connectivity index (χ4v) is 3.66. The van der Waals surface area contributed by atoms with Crippen molar-refractivity contribution in [2.45, 2.75) is 18.9 Å². The molecule has 3 rings (SSSR count). The van der Waals surface area contributed by atoms with E-state index in [9.17, 15) is 4.79 Å². The lowest BCUT2D eigenvalue weighted by Crippen LogP contribution is -2.36. The van der Waals surface area contributed by atoms with Gasteiger partial charge in [0.25, 0.3) is 5.91 Å². The van der Waals surface area contributed by atoms with E-state index in [-0.39, 0.29) is 11.9 Å². The van der Waals surface area contributed by atoms with Crippen molar-refractivity contribution >= 4 is 23.2 Å². The second kappa shape index (κ2) is 8.56. The molecule has 2 aromatic carbocycles. The molecule has 1 aliphatic rings. The van der Waals surface area contributed by atoms with Gasteiger partial charge in [-0.1, -0.05) is 35.9 Å². The van der Waals surface area contributed by atoms with Gasteiger partial charge in [-0.2, -0.15) is 0 Å². The Bertz CT molecular complexity index is 739. The summed E-state index contributed by atoms with van der Waals surface area (Å²) < 4.78 is 0. The van der Waals surface area contributed by atoms with Crippen molar-refractivity contribution in [3.05, 3.63) is 64.7 Å². The summed E-state index contributed by atoms with van der Waals surface area (Å²) in [5.74, 6) is -0.121. The monoisotopic (exact) mass is 371 g/mol. The number of nitrogens with zero attached hydrogens (tertiary/aromatic N) is 2. The van der Waals surface area contributed by atoms with Crippen LogP contribution in [0, 0.1) is 0 Å². The zero-order valence-corrected chi connectivity index (χ0v) is 16.2. The Morgan fingerprint density at radius 2 is 1.77 bits per heavy atom. The molecular weight excluding hydrogens is 346 g/mol. The van der Waals surface area contributed by atoms with Gasteiger partial charge < -0.3 is 10.2 Å². The van der Waals surface area contributed by atoms with Crippen LogP contribution in [0.15, 0.2) is 48.5 Å². The molecule has 0 saturated carbocycles. The maximum atomic E-state index is 12.5. The van der Waals surface area contributed by atoms with Gasteiger partial charge in [0.1, 0.15) is 0 Å². The number of rotatable bonds is 6. The van der Waals surface area contributed by atoms with Crippen molar-refractivity contribution < 1.29 is 4.79 Å². The molecular formula is C21H26ClN3O. The van der Waals surface area contributed by atoms with E-state index < -0.39 is 0 Å². The second-order valence-corrected chi connectivity index (χ2v) is 7.34. The largest absolute Gasteiger partial charge is 0.378 e. The first kappa shape index (κ1) is 18.7. The van der Waals surface area contributed by atoms with E-state index in [4.69, 9.17) is 11.6 Å². The average molecular weight is 372 g/mol. The highest BCUT2D eigenvalue weighted by Crippen LogP contribution is 2.26. The molecule has 1 atom stereocenters. The fourth-order valence-electron chi connectivity index (χ4n) is 3.44. The number of nitrogens with one attached hydrogen (secondary N) is 1. The third-order valence-corrected chi connectivity index (χ3v) is 5.28. The molecule has 0 aromatic heterocycles. The van der Waals surface area contributed by atoms with Crippen molar-refractivity contribution in [2.75, 3.05) is 38.6 Å². The molecule has 138 valence electrons. The van der Waals surface area contributed by atoms with Crippen molar-refractivity contribution in [1.82, 2.24) is 10.2 Å². The lowest BCUT2D eigenvalue weighted by atomic mass is 10.0. The Morgan fingerprint density at radius 1 is 1.12 bits per heavy atom. The topological polar surface area (TPSA) is 35.6 Å². The fraction of sp³-hybridized carbons (Fsp3) is 0.381. The summed E-state index contributed by atoms with van der Waals surface area (Å²) >= 11 is 6.15. The van der Waals surface area contributed by atoms with Gasteiger partial charge in [0.15, 0.2) is 0 Å². The standard InChI is InChI=1S/C21H26ClN3O/c1-24(2)17-11-9-16(10-12-17)20(25-13-5-6-14-25)15-23-21(26)18-7-3-4-8-19(18)22/h3-4,7-12,20H,5-6,13-15H2,1-2H3,(H,23,26)/t20-/m1/s1. The Balaban J connectivity index is 1.74. The van der Waals surface area contributed by atoms with Crippen molar-refractivity contribution in [3.63, 3.8) is 0 Å². The SMILES string of the molecule is CN(C)c1ccc([C@@H](CNC(=O)c2ccccc2Cl)N2CCCC2)cc1. The van der Waals surface area contributed by atoms with E-state index in [1.54, 1.807) is 12.1 Å². The Labute approximate surface area is 160 Å². The zero-order valence-electron chi connectivity index (χ0n) is 15.4. The van der Waals surface area contributed by atoms with Crippen LogP contribution in [-0.4, -0.2) is 44.5 Å². The van der Waals surface area contributed by atoms with Gasteiger partial charge in [-0.05, 0) is 55.8 Å². The number of hydrogen-bond acceptors (Lipinski definition) is 3. The maximum Gasteiger partial charge on any atom is 0.252 e. The Morgan fingerprint density at radius 3 is 2.38 bits per heavy atom. The van der Waals surface area contributed by atoms with E-state index in [1.807, 2.05) is 26.2 Å². The first-order chi connectivity index (χ1) is 12.6. The highest BCUT2D eigenvalue weighted by Gasteiger charge is 2.24. The highest BCUT2D eigenvalue weighted by molar-refractivity contribution is 6.33. The normalized spacial score (nSPS) is 15.7. The van der Waals surface area contributed by atoms with Crippen LogP contribution in [0.3, 0.4) is 0 Å². The van der Waals surface area contributed by atoms with E-state index in [1.165, 1.54) is 24.1 Å². The lowest BCUT2D eigenvalue weighted by molar-refractivity contribution is 0.0938. The molecule has 1 amide bonds. The maximum absolute atomic E-state index is 12.5. The zero-order chi connectivity index (χ0) is 18.5. The summed E-state index contributed by atoms with van der Waals surface area (Å²) in [4.78, 5) is 17.1. The summed E-state index contributed by atoms with van der Waals surface area (Å²) in [5.41, 5.74) is 2.93. The van der Waals surface area contributed by atoms with Gasteiger partial charge in [-0.25, -0.2) is 0 Å². The first-order valence-corrected chi connectivity index (χ1v) is 9.48. The van der Waals surface area contributed by atoms with Crippen LogP contribution in [0.25, 0.3) is 0 Å². The van der Waals surface area contributed by atoms with E-state index >= 15 is 0 Å². The van der Waals surface area contributed by atoms with Crippen molar-refractivity contribution in [1.29, 1.82) is 0 Å². The molecule has 1 saturated heterocycles. The van der Waals surface area contributed by atoms with Gasteiger partial charge >= 0.3 is 0 Å². The van der Waals surface area contributed by atoms with E-state index in [2.05, 4.69) is 39.4 Å². The summed E-state index contributed by atoms with van der Waals surface area (Å²) in [7, 11) is 4.08. The molecule has 26 heavy (non-hydrogen) atoms. The summed E-state index contributed by atoms with van der Waals surface area (Å²) in [6, 6.07) is 15.9. The van der Waals surface area contributed by atoms with E-state index in [0.29, 0.717) is 17.1 Å². The van der Waals surface area contributed by atoms with Crippen LogP contribution in [-0.2, 0) is 0 Å². The molecule has 1 aliphatic heterocycles. The number of anilines is 1. The predicted molar refractivity (Wildman–Crippen MR) is 108 cm³/mol. The van der Waals surface area contributed by atoms with Gasteiger partial charge in [-0.15, -0.1) is 0 Å². The number of carbonyl (C=O) groups is 1.